The van der Waals surface area contributed by atoms with E-state index in [1.54, 1.807) is 0 Å². The molecule has 174 valence electrons. The second kappa shape index (κ2) is 13.0. The highest BCUT2D eigenvalue weighted by Crippen LogP contribution is 2.47. The van der Waals surface area contributed by atoms with E-state index in [2.05, 4.69) is 45.1 Å². The van der Waals surface area contributed by atoms with E-state index < -0.39 is 6.10 Å². The Hall–Kier alpha value is -1.65. The summed E-state index contributed by atoms with van der Waals surface area (Å²) in [5, 5.41) is 21.0. The van der Waals surface area contributed by atoms with Crippen LogP contribution >= 0.6 is 0 Å². The second-order valence-corrected chi connectivity index (χ2v) is 9.55. The Kier molecular flexibility index (Phi) is 10.8. The third-order valence-corrected chi connectivity index (χ3v) is 6.47. The van der Waals surface area contributed by atoms with Gasteiger partial charge in [0.1, 0.15) is 0 Å². The van der Waals surface area contributed by atoms with E-state index in [0.717, 1.165) is 32.1 Å². The molecule has 0 aliphatic heterocycles. The molecule has 0 spiro atoms. The molecular weight excluding hydrogens is 388 g/mol. The lowest BCUT2D eigenvalue weighted by Crippen LogP contribution is -2.18. The number of allylic oxidation sites excluding steroid dienone is 6. The standard InChI is InChI=1S/C27H42O4/c1-5-31-27(30)12-7-6-11-21-16-22-18-26(29)24(25(22)17-21)14-13-23(28)15-20(4)10-8-9-19(2)3/h6,9,11,13-14,16,20,22-26,28-29H,5,7-8,10,12,15,17-18H2,1-4H3/b11-6?,14-13-/t20-,22+,23-,24+,25+,26-/m1/s1. The van der Waals surface area contributed by atoms with Gasteiger partial charge in [0.2, 0.25) is 0 Å². The van der Waals surface area contributed by atoms with Crippen molar-refractivity contribution in [2.24, 2.45) is 23.7 Å². The molecule has 2 aliphatic carbocycles. The minimum Gasteiger partial charge on any atom is -0.466 e. The van der Waals surface area contributed by atoms with E-state index in [1.807, 2.05) is 19.1 Å². The monoisotopic (exact) mass is 430 g/mol. The normalized spacial score (nSPS) is 27.4. The predicted octanol–water partition coefficient (Wildman–Crippen LogP) is 5.52. The maximum Gasteiger partial charge on any atom is 0.306 e. The van der Waals surface area contributed by atoms with E-state index >= 15 is 0 Å². The molecule has 0 unspecified atom stereocenters. The first-order valence-electron chi connectivity index (χ1n) is 12.0. The number of rotatable bonds is 12. The Labute approximate surface area is 188 Å². The predicted molar refractivity (Wildman–Crippen MR) is 126 cm³/mol. The highest BCUT2D eigenvalue weighted by molar-refractivity contribution is 5.69. The van der Waals surface area contributed by atoms with Crippen LogP contribution in [0.2, 0.25) is 0 Å². The molecule has 0 bridgehead atoms. The van der Waals surface area contributed by atoms with Gasteiger partial charge in [0, 0.05) is 12.3 Å². The van der Waals surface area contributed by atoms with Gasteiger partial charge in [-0.05, 0) is 77.0 Å². The van der Waals surface area contributed by atoms with Crippen LogP contribution in [0, 0.1) is 23.7 Å². The molecule has 0 radical (unpaired) electrons. The van der Waals surface area contributed by atoms with E-state index in [0.29, 0.717) is 37.2 Å². The summed E-state index contributed by atoms with van der Waals surface area (Å²) in [5.74, 6) is 1.22. The molecule has 4 nitrogen and oxygen atoms in total. The van der Waals surface area contributed by atoms with Crippen LogP contribution in [0.1, 0.15) is 72.6 Å². The Balaban J connectivity index is 1.80. The number of aliphatic hydroxyl groups excluding tert-OH is 2. The Morgan fingerprint density at radius 2 is 2.10 bits per heavy atom. The van der Waals surface area contributed by atoms with Crippen LogP contribution in [0.15, 0.2) is 47.6 Å². The molecule has 4 heteroatoms. The third kappa shape index (κ3) is 8.78. The average molecular weight is 431 g/mol. The summed E-state index contributed by atoms with van der Waals surface area (Å²) in [6.07, 6.45) is 17.6. The van der Waals surface area contributed by atoms with Crippen molar-refractivity contribution in [3.8, 4) is 0 Å². The second-order valence-electron chi connectivity index (χ2n) is 9.55. The molecule has 2 aliphatic rings. The molecule has 1 saturated carbocycles. The number of carbonyl (C=O) groups excluding carboxylic acids is 1. The van der Waals surface area contributed by atoms with Gasteiger partial charge >= 0.3 is 5.97 Å². The molecule has 1 fully saturated rings. The minimum atomic E-state index is -0.454. The van der Waals surface area contributed by atoms with Crippen LogP contribution in [0.3, 0.4) is 0 Å². The number of hydrogen-bond donors (Lipinski definition) is 2. The van der Waals surface area contributed by atoms with Gasteiger partial charge < -0.3 is 14.9 Å². The number of carbonyl (C=O) groups is 1. The maximum absolute atomic E-state index is 11.4. The molecule has 2 rings (SSSR count). The van der Waals surface area contributed by atoms with Crippen molar-refractivity contribution in [3.63, 3.8) is 0 Å². The zero-order valence-corrected chi connectivity index (χ0v) is 19.8. The maximum atomic E-state index is 11.4. The van der Waals surface area contributed by atoms with Crippen molar-refractivity contribution in [1.82, 2.24) is 0 Å². The van der Waals surface area contributed by atoms with Crippen molar-refractivity contribution >= 4 is 5.97 Å². The number of ether oxygens (including phenoxy) is 1. The Morgan fingerprint density at radius 3 is 2.81 bits per heavy atom. The molecule has 0 aromatic carbocycles. The highest BCUT2D eigenvalue weighted by atomic mass is 16.5. The molecule has 0 heterocycles. The van der Waals surface area contributed by atoms with Gasteiger partial charge in [-0.25, -0.2) is 0 Å². The van der Waals surface area contributed by atoms with Crippen molar-refractivity contribution in [1.29, 1.82) is 0 Å². The van der Waals surface area contributed by atoms with E-state index in [-0.39, 0.29) is 18.0 Å². The van der Waals surface area contributed by atoms with E-state index in [9.17, 15) is 15.0 Å². The summed E-state index contributed by atoms with van der Waals surface area (Å²) in [5.41, 5.74) is 2.63. The number of fused-ring (bicyclic) bond motifs is 1. The highest BCUT2D eigenvalue weighted by Gasteiger charge is 2.42. The van der Waals surface area contributed by atoms with Crippen LogP contribution in [-0.4, -0.2) is 35.0 Å². The van der Waals surface area contributed by atoms with Crippen molar-refractivity contribution < 1.29 is 19.7 Å². The summed E-state index contributed by atoms with van der Waals surface area (Å²) in [7, 11) is 0. The van der Waals surface area contributed by atoms with Gasteiger partial charge in [0.15, 0.2) is 0 Å². The first kappa shape index (κ1) is 25.6. The van der Waals surface area contributed by atoms with Gasteiger partial charge in [0.05, 0.1) is 18.8 Å². The van der Waals surface area contributed by atoms with Crippen LogP contribution in [0.4, 0.5) is 0 Å². The topological polar surface area (TPSA) is 66.8 Å². The zero-order valence-electron chi connectivity index (χ0n) is 19.8. The minimum absolute atomic E-state index is 0.0994. The molecular formula is C27H42O4. The summed E-state index contributed by atoms with van der Waals surface area (Å²) in [6, 6.07) is 0. The Bertz CT molecular complexity index is 683. The lowest BCUT2D eigenvalue weighted by molar-refractivity contribution is -0.143. The summed E-state index contributed by atoms with van der Waals surface area (Å²) < 4.78 is 4.95. The Morgan fingerprint density at radius 1 is 1.32 bits per heavy atom. The quantitative estimate of drug-likeness (QED) is 0.316. The first-order chi connectivity index (χ1) is 14.8. The van der Waals surface area contributed by atoms with Gasteiger partial charge in [0.25, 0.3) is 0 Å². The van der Waals surface area contributed by atoms with Gasteiger partial charge in [-0.1, -0.05) is 54.5 Å². The van der Waals surface area contributed by atoms with Crippen molar-refractivity contribution in [2.75, 3.05) is 6.61 Å². The fourth-order valence-electron chi connectivity index (χ4n) is 4.86. The van der Waals surface area contributed by atoms with Crippen molar-refractivity contribution in [3.05, 3.63) is 47.6 Å². The molecule has 0 aromatic heterocycles. The van der Waals surface area contributed by atoms with Crippen LogP contribution in [0.5, 0.6) is 0 Å². The molecule has 0 aromatic rings. The van der Waals surface area contributed by atoms with Gasteiger partial charge in [-0.15, -0.1) is 0 Å². The third-order valence-electron chi connectivity index (χ3n) is 6.47. The zero-order chi connectivity index (χ0) is 22.8. The SMILES string of the molecule is CCOC(=O)CCC=CC1=C[C@H]2C[C@@H](O)[C@@H](/C=C\[C@@H](O)C[C@H](C)CCC=C(C)C)[C@H]2C1. The fourth-order valence-corrected chi connectivity index (χ4v) is 4.86. The molecule has 2 N–H and O–H groups in total. The van der Waals surface area contributed by atoms with Crippen LogP contribution < -0.4 is 0 Å². The summed E-state index contributed by atoms with van der Waals surface area (Å²) >= 11 is 0. The van der Waals surface area contributed by atoms with Gasteiger partial charge in [-0.3, -0.25) is 4.79 Å². The van der Waals surface area contributed by atoms with Gasteiger partial charge in [-0.2, -0.15) is 0 Å². The number of hydrogen-bond acceptors (Lipinski definition) is 4. The number of esters is 1. The lowest BCUT2D eigenvalue weighted by atomic mass is 9.88. The average Bonchev–Trinajstić information content (AvgIpc) is 3.20. The summed E-state index contributed by atoms with van der Waals surface area (Å²) in [6.45, 7) is 8.67. The molecule has 0 saturated heterocycles. The smallest absolute Gasteiger partial charge is 0.306 e. The fraction of sp³-hybridized carbons (Fsp3) is 0.667. The lowest BCUT2D eigenvalue weighted by Gasteiger charge is -2.19. The molecule has 31 heavy (non-hydrogen) atoms. The summed E-state index contributed by atoms with van der Waals surface area (Å²) in [4.78, 5) is 11.4. The molecule has 6 atom stereocenters. The molecule has 0 amide bonds. The van der Waals surface area contributed by atoms with Crippen LogP contribution in [-0.2, 0) is 9.53 Å². The number of aliphatic hydroxyl groups is 2. The van der Waals surface area contributed by atoms with E-state index in [1.165, 1.54) is 11.1 Å². The van der Waals surface area contributed by atoms with Crippen LogP contribution in [0.25, 0.3) is 0 Å². The first-order valence-corrected chi connectivity index (χ1v) is 12.0. The van der Waals surface area contributed by atoms with Crippen molar-refractivity contribution in [2.45, 2.75) is 84.8 Å². The van der Waals surface area contributed by atoms with E-state index in [4.69, 9.17) is 4.74 Å². The largest absolute Gasteiger partial charge is 0.466 e.